The molecule has 0 atom stereocenters. The highest BCUT2D eigenvalue weighted by molar-refractivity contribution is 6.00. The van der Waals surface area contributed by atoms with Crippen molar-refractivity contribution in [3.05, 3.63) is 41.5 Å². The number of amides is 1. The number of carbonyl (C=O) groups excluding carboxylic acids is 2. The fourth-order valence-corrected chi connectivity index (χ4v) is 1.46. The molecule has 0 saturated carbocycles. The van der Waals surface area contributed by atoms with E-state index in [4.69, 9.17) is 0 Å². The lowest BCUT2D eigenvalue weighted by atomic mass is 10.1. The lowest BCUT2D eigenvalue weighted by molar-refractivity contribution is -0.118. The van der Waals surface area contributed by atoms with Gasteiger partial charge in [-0.1, -0.05) is 36.4 Å². The van der Waals surface area contributed by atoms with Crippen molar-refractivity contribution in [3.63, 3.8) is 0 Å². The molecule has 0 heterocycles. The molecule has 0 fully saturated rings. The molecule has 6 heteroatoms. The maximum Gasteiger partial charge on any atom is 0.454 e. The van der Waals surface area contributed by atoms with Gasteiger partial charge >= 0.3 is 6.18 Å². The largest absolute Gasteiger partial charge is 0.454 e. The fraction of sp³-hybridized carbons (Fsp3) is 0.286. The first-order valence-electron chi connectivity index (χ1n) is 5.93. The Morgan fingerprint density at radius 1 is 1.20 bits per heavy atom. The molecule has 1 N–H and O–H groups in total. The lowest BCUT2D eigenvalue weighted by Crippen LogP contribution is -2.22. The highest BCUT2D eigenvalue weighted by atomic mass is 19.4. The van der Waals surface area contributed by atoms with Gasteiger partial charge in [-0.25, -0.2) is 0 Å². The number of Topliss-reactive ketones (excluding diaryl/α,β-unsaturated/α-hetero) is 1. The van der Waals surface area contributed by atoms with E-state index >= 15 is 0 Å². The third kappa shape index (κ3) is 5.26. The Morgan fingerprint density at radius 2 is 1.80 bits per heavy atom. The van der Waals surface area contributed by atoms with E-state index in [1.54, 1.807) is 12.2 Å². The minimum Gasteiger partial charge on any atom is -0.356 e. The molecule has 0 aliphatic carbocycles. The number of ketones is 1. The van der Waals surface area contributed by atoms with Crippen molar-refractivity contribution >= 4 is 17.8 Å². The van der Waals surface area contributed by atoms with E-state index in [0.29, 0.717) is 18.5 Å². The molecule has 108 valence electrons. The van der Waals surface area contributed by atoms with Gasteiger partial charge in [0.1, 0.15) is 0 Å². The summed E-state index contributed by atoms with van der Waals surface area (Å²) in [5, 5.41) is 2.61. The molecule has 1 aromatic rings. The van der Waals surface area contributed by atoms with Crippen LogP contribution in [0.2, 0.25) is 0 Å². The second kappa shape index (κ2) is 6.88. The van der Waals surface area contributed by atoms with Crippen LogP contribution in [0, 0.1) is 0 Å². The predicted octanol–water partition coefficient (Wildman–Crippen LogP) is 2.97. The fourth-order valence-electron chi connectivity index (χ4n) is 1.46. The number of rotatable bonds is 5. The van der Waals surface area contributed by atoms with E-state index in [-0.39, 0.29) is 11.5 Å². The summed E-state index contributed by atoms with van der Waals surface area (Å²) in [6.45, 7) is 1.91. The van der Waals surface area contributed by atoms with E-state index in [2.05, 4.69) is 5.32 Å². The van der Waals surface area contributed by atoms with Crippen molar-refractivity contribution < 1.29 is 22.8 Å². The summed E-state index contributed by atoms with van der Waals surface area (Å²) >= 11 is 0. The van der Waals surface area contributed by atoms with Crippen molar-refractivity contribution in [1.29, 1.82) is 0 Å². The second-order valence-corrected chi connectivity index (χ2v) is 4.12. The van der Waals surface area contributed by atoms with Crippen LogP contribution >= 0.6 is 0 Å². The zero-order chi connectivity index (χ0) is 15.2. The van der Waals surface area contributed by atoms with Gasteiger partial charge in [0.2, 0.25) is 5.91 Å². The number of hydrogen-bond acceptors (Lipinski definition) is 2. The first kappa shape index (κ1) is 15.9. The average molecular weight is 285 g/mol. The topological polar surface area (TPSA) is 46.2 Å². The standard InChI is InChI=1S/C14H14F3NO2/c1-10(19)18-9-3-2-4-11-5-7-12(8-6-11)13(20)14(15,16)17/h2,4-8H,3,9H2,1H3,(H,18,19). The van der Waals surface area contributed by atoms with Gasteiger partial charge in [-0.05, 0) is 12.0 Å². The maximum absolute atomic E-state index is 12.2. The molecule has 0 spiro atoms. The van der Waals surface area contributed by atoms with Gasteiger partial charge in [0.15, 0.2) is 0 Å². The third-order valence-corrected chi connectivity index (χ3v) is 2.43. The van der Waals surface area contributed by atoms with Gasteiger partial charge in [-0.3, -0.25) is 9.59 Å². The minimum atomic E-state index is -4.85. The van der Waals surface area contributed by atoms with E-state index < -0.39 is 12.0 Å². The van der Waals surface area contributed by atoms with Crippen LogP contribution in [0.3, 0.4) is 0 Å². The molecule has 0 saturated heterocycles. The summed E-state index contributed by atoms with van der Waals surface area (Å²) in [6, 6.07) is 5.16. The van der Waals surface area contributed by atoms with Crippen LogP contribution in [0.25, 0.3) is 6.08 Å². The summed E-state index contributed by atoms with van der Waals surface area (Å²) in [6.07, 6.45) is -0.737. The predicted molar refractivity (Wildman–Crippen MR) is 69.2 cm³/mol. The van der Waals surface area contributed by atoms with Gasteiger partial charge in [-0.15, -0.1) is 0 Å². The monoisotopic (exact) mass is 285 g/mol. The molecule has 1 aromatic carbocycles. The van der Waals surface area contributed by atoms with Crippen LogP contribution in [-0.2, 0) is 4.79 Å². The zero-order valence-corrected chi connectivity index (χ0v) is 10.8. The normalized spacial score (nSPS) is 11.6. The Morgan fingerprint density at radius 3 is 2.30 bits per heavy atom. The van der Waals surface area contributed by atoms with Gasteiger partial charge < -0.3 is 5.32 Å². The first-order chi connectivity index (χ1) is 9.30. The summed E-state index contributed by atoms with van der Waals surface area (Å²) in [4.78, 5) is 21.6. The lowest BCUT2D eigenvalue weighted by Gasteiger charge is -2.05. The van der Waals surface area contributed by atoms with Gasteiger partial charge in [0.25, 0.3) is 5.78 Å². The van der Waals surface area contributed by atoms with E-state index in [9.17, 15) is 22.8 Å². The van der Waals surface area contributed by atoms with E-state index in [0.717, 1.165) is 12.1 Å². The zero-order valence-electron chi connectivity index (χ0n) is 10.8. The number of halogens is 3. The van der Waals surface area contributed by atoms with Crippen molar-refractivity contribution in [2.24, 2.45) is 0 Å². The third-order valence-electron chi connectivity index (χ3n) is 2.43. The van der Waals surface area contributed by atoms with Crippen molar-refractivity contribution in [2.75, 3.05) is 6.54 Å². The Balaban J connectivity index is 2.57. The molecule has 0 aromatic heterocycles. The van der Waals surface area contributed by atoms with Gasteiger partial charge in [0.05, 0.1) is 0 Å². The Bertz CT molecular complexity index is 504. The molecule has 0 aliphatic heterocycles. The van der Waals surface area contributed by atoms with Gasteiger partial charge in [0, 0.05) is 19.0 Å². The number of nitrogens with one attached hydrogen (secondary N) is 1. The van der Waals surface area contributed by atoms with Gasteiger partial charge in [-0.2, -0.15) is 13.2 Å². The number of hydrogen-bond donors (Lipinski definition) is 1. The molecular formula is C14H14F3NO2. The summed E-state index contributed by atoms with van der Waals surface area (Å²) in [5.41, 5.74) is 0.305. The first-order valence-corrected chi connectivity index (χ1v) is 5.93. The molecule has 0 aliphatic rings. The van der Waals surface area contributed by atoms with Crippen LogP contribution < -0.4 is 5.32 Å². The van der Waals surface area contributed by atoms with Crippen LogP contribution in [0.15, 0.2) is 30.3 Å². The number of alkyl halides is 3. The highest BCUT2D eigenvalue weighted by Gasteiger charge is 2.38. The van der Waals surface area contributed by atoms with Crippen molar-refractivity contribution in [3.8, 4) is 0 Å². The SMILES string of the molecule is CC(=O)NCCC=Cc1ccc(C(=O)C(F)(F)F)cc1. The minimum absolute atomic E-state index is 0.117. The molecule has 1 rings (SSSR count). The molecule has 3 nitrogen and oxygen atoms in total. The smallest absolute Gasteiger partial charge is 0.356 e. The van der Waals surface area contributed by atoms with Crippen molar-refractivity contribution in [2.45, 2.75) is 19.5 Å². The number of benzene rings is 1. The maximum atomic E-state index is 12.2. The van der Waals surface area contributed by atoms with Crippen LogP contribution in [0.1, 0.15) is 29.3 Å². The summed E-state index contributed by atoms with van der Waals surface area (Å²) < 4.78 is 36.6. The highest BCUT2D eigenvalue weighted by Crippen LogP contribution is 2.21. The van der Waals surface area contributed by atoms with E-state index in [1.165, 1.54) is 19.1 Å². The second-order valence-electron chi connectivity index (χ2n) is 4.12. The molecule has 1 amide bonds. The summed E-state index contributed by atoms with van der Waals surface area (Å²) in [5.74, 6) is -1.97. The van der Waals surface area contributed by atoms with Crippen LogP contribution in [0.4, 0.5) is 13.2 Å². The van der Waals surface area contributed by atoms with Crippen molar-refractivity contribution in [1.82, 2.24) is 5.32 Å². The van der Waals surface area contributed by atoms with Crippen LogP contribution in [-0.4, -0.2) is 24.4 Å². The summed E-state index contributed by atoms with van der Waals surface area (Å²) in [7, 11) is 0. The molecule has 20 heavy (non-hydrogen) atoms. The molecular weight excluding hydrogens is 271 g/mol. The average Bonchev–Trinajstić information content (AvgIpc) is 2.37. The molecule has 0 bridgehead atoms. The molecule has 0 unspecified atom stereocenters. The Hall–Kier alpha value is -2.11. The Labute approximate surface area is 114 Å². The number of carbonyl (C=O) groups is 2. The molecule has 0 radical (unpaired) electrons. The van der Waals surface area contributed by atoms with Crippen LogP contribution in [0.5, 0.6) is 0 Å². The van der Waals surface area contributed by atoms with E-state index in [1.807, 2.05) is 0 Å². The Kier molecular flexibility index (Phi) is 5.49. The quantitative estimate of drug-likeness (QED) is 0.668.